The first-order valence-electron chi connectivity index (χ1n) is 10.4. The zero-order valence-corrected chi connectivity index (χ0v) is 16.9. The summed E-state index contributed by atoms with van der Waals surface area (Å²) in [5.74, 6) is 2.20. The molecule has 2 aromatic heterocycles. The highest BCUT2D eigenvalue weighted by molar-refractivity contribution is 5.94. The molecule has 3 unspecified atom stereocenters. The van der Waals surface area contributed by atoms with E-state index < -0.39 is 0 Å². The quantitative estimate of drug-likeness (QED) is 0.705. The number of carbonyl (C=O) groups is 1. The number of aromatic nitrogens is 3. The molecule has 2 heterocycles. The molecule has 2 aliphatic rings. The van der Waals surface area contributed by atoms with Gasteiger partial charge in [0.1, 0.15) is 5.69 Å². The van der Waals surface area contributed by atoms with Gasteiger partial charge in [0.05, 0.1) is 12.5 Å². The maximum absolute atomic E-state index is 13.0. The number of hydrogen-bond acceptors (Lipinski definition) is 5. The minimum absolute atomic E-state index is 0.156. The molecular weight excluding hydrogens is 380 g/mol. The Bertz CT molecular complexity index is 1160. The van der Waals surface area contributed by atoms with E-state index in [0.29, 0.717) is 40.6 Å². The summed E-state index contributed by atoms with van der Waals surface area (Å²) in [6, 6.07) is 10.9. The van der Waals surface area contributed by atoms with Gasteiger partial charge in [-0.05, 0) is 49.1 Å². The number of ether oxygens (including phenoxy) is 1. The van der Waals surface area contributed by atoms with Gasteiger partial charge in [-0.2, -0.15) is 0 Å². The molecule has 7 heteroatoms. The molecule has 1 amide bonds. The zero-order valence-electron chi connectivity index (χ0n) is 16.9. The second-order valence-corrected chi connectivity index (χ2v) is 8.37. The molecule has 2 bridgehead atoms. The van der Waals surface area contributed by atoms with E-state index >= 15 is 0 Å². The van der Waals surface area contributed by atoms with Crippen molar-refractivity contribution in [3.8, 4) is 17.1 Å². The van der Waals surface area contributed by atoms with Crippen LogP contribution in [0.15, 0.2) is 47.4 Å². The Morgan fingerprint density at radius 2 is 2.00 bits per heavy atom. The number of hydrogen-bond donors (Lipinski definition) is 1. The van der Waals surface area contributed by atoms with Crippen molar-refractivity contribution in [3.63, 3.8) is 0 Å². The second-order valence-electron chi connectivity index (χ2n) is 8.37. The van der Waals surface area contributed by atoms with Crippen molar-refractivity contribution >= 4 is 16.7 Å². The summed E-state index contributed by atoms with van der Waals surface area (Å²) in [6.45, 7) is 0. The number of methoxy groups -OCH3 is 1. The Hall–Kier alpha value is -3.22. The zero-order chi connectivity index (χ0) is 20.7. The minimum Gasteiger partial charge on any atom is -0.481 e. The lowest BCUT2D eigenvalue weighted by Crippen LogP contribution is -2.36. The molecule has 1 N–H and O–H groups in total. The van der Waals surface area contributed by atoms with Gasteiger partial charge in [-0.1, -0.05) is 24.6 Å². The van der Waals surface area contributed by atoms with E-state index in [1.165, 1.54) is 19.3 Å². The normalized spacial score (nSPS) is 22.4. The number of amides is 1. The van der Waals surface area contributed by atoms with Gasteiger partial charge in [-0.3, -0.25) is 9.59 Å². The maximum atomic E-state index is 13.0. The highest BCUT2D eigenvalue weighted by Crippen LogP contribution is 2.49. The van der Waals surface area contributed by atoms with Crippen LogP contribution in [0, 0.1) is 17.8 Å². The van der Waals surface area contributed by atoms with Crippen LogP contribution < -0.4 is 15.7 Å². The van der Waals surface area contributed by atoms with E-state index in [-0.39, 0.29) is 11.5 Å². The number of fused-ring (bicyclic) bond motifs is 3. The van der Waals surface area contributed by atoms with Crippen molar-refractivity contribution in [2.24, 2.45) is 17.8 Å². The fraction of sp³-hybridized carbons (Fsp3) is 0.391. The molecular formula is C23H24N4O3. The third-order valence-electron chi connectivity index (χ3n) is 6.59. The average Bonchev–Trinajstić information content (AvgIpc) is 3.39. The molecule has 0 aliphatic heterocycles. The number of benzene rings is 1. The fourth-order valence-electron chi connectivity index (χ4n) is 5.15. The SMILES string of the molecule is COc1ccc(-c2nn(NC(=O)CC3CC4CCC3C4)c(=O)c3ccccc23)cn1. The molecule has 0 radical (unpaired) electrons. The van der Waals surface area contributed by atoms with Crippen LogP contribution in [0.3, 0.4) is 0 Å². The van der Waals surface area contributed by atoms with E-state index in [9.17, 15) is 9.59 Å². The standard InChI is InChI=1S/C23H24N4O3/c1-30-21-9-8-16(13-24-21)22-18-4-2-3-5-19(18)23(29)27(26-22)25-20(28)12-17-11-14-6-7-15(17)10-14/h2-5,8-9,13-15,17H,6-7,10-12H2,1H3,(H,25,28). The summed E-state index contributed by atoms with van der Waals surface area (Å²) in [7, 11) is 1.56. The van der Waals surface area contributed by atoms with Crippen LogP contribution in [0.1, 0.15) is 32.1 Å². The monoisotopic (exact) mass is 404 g/mol. The number of pyridine rings is 1. The van der Waals surface area contributed by atoms with E-state index in [1.54, 1.807) is 31.5 Å². The second kappa shape index (κ2) is 7.55. The van der Waals surface area contributed by atoms with Crippen LogP contribution in [-0.4, -0.2) is 27.9 Å². The molecule has 2 saturated carbocycles. The average molecular weight is 404 g/mol. The van der Waals surface area contributed by atoms with Crippen LogP contribution in [0.4, 0.5) is 0 Å². The molecule has 3 aromatic rings. The molecule has 2 fully saturated rings. The Labute approximate surface area is 174 Å². The summed E-state index contributed by atoms with van der Waals surface area (Å²) in [5.41, 5.74) is 3.72. The minimum atomic E-state index is -0.336. The number of nitrogens with one attached hydrogen (secondary N) is 1. The van der Waals surface area contributed by atoms with Gasteiger partial charge in [-0.25, -0.2) is 10.4 Å². The largest absolute Gasteiger partial charge is 0.481 e. The third-order valence-corrected chi connectivity index (χ3v) is 6.59. The molecule has 5 rings (SSSR count). The van der Waals surface area contributed by atoms with Crippen molar-refractivity contribution in [1.82, 2.24) is 14.9 Å². The summed E-state index contributed by atoms with van der Waals surface area (Å²) in [6.07, 6.45) is 7.00. The first kappa shape index (κ1) is 18.8. The summed E-state index contributed by atoms with van der Waals surface area (Å²) < 4.78 is 5.13. The van der Waals surface area contributed by atoms with E-state index in [4.69, 9.17) is 4.74 Å². The molecule has 0 saturated heterocycles. The van der Waals surface area contributed by atoms with Gasteiger partial charge in [0.25, 0.3) is 5.56 Å². The molecule has 154 valence electrons. The fourth-order valence-corrected chi connectivity index (χ4v) is 5.15. The van der Waals surface area contributed by atoms with Crippen molar-refractivity contribution in [2.45, 2.75) is 32.1 Å². The van der Waals surface area contributed by atoms with E-state index in [1.807, 2.05) is 18.2 Å². The van der Waals surface area contributed by atoms with Crippen molar-refractivity contribution in [3.05, 3.63) is 52.9 Å². The lowest BCUT2D eigenvalue weighted by atomic mass is 9.86. The third kappa shape index (κ3) is 3.34. The van der Waals surface area contributed by atoms with Gasteiger partial charge < -0.3 is 4.74 Å². The molecule has 2 aliphatic carbocycles. The highest BCUT2D eigenvalue weighted by Gasteiger charge is 2.40. The van der Waals surface area contributed by atoms with E-state index in [2.05, 4.69) is 15.5 Å². The van der Waals surface area contributed by atoms with E-state index in [0.717, 1.165) is 22.7 Å². The Kier molecular flexibility index (Phi) is 4.73. The highest BCUT2D eigenvalue weighted by atomic mass is 16.5. The maximum Gasteiger partial charge on any atom is 0.294 e. The predicted molar refractivity (Wildman–Crippen MR) is 114 cm³/mol. The number of carbonyl (C=O) groups excluding carboxylic acids is 1. The lowest BCUT2D eigenvalue weighted by molar-refractivity contribution is -0.118. The predicted octanol–water partition coefficient (Wildman–Crippen LogP) is 3.36. The van der Waals surface area contributed by atoms with Crippen molar-refractivity contribution < 1.29 is 9.53 Å². The van der Waals surface area contributed by atoms with Crippen LogP contribution in [0.25, 0.3) is 22.0 Å². The number of nitrogens with zero attached hydrogens (tertiary/aromatic N) is 3. The molecule has 3 atom stereocenters. The van der Waals surface area contributed by atoms with Gasteiger partial charge in [0.2, 0.25) is 11.8 Å². The van der Waals surface area contributed by atoms with Crippen LogP contribution in [0.5, 0.6) is 5.88 Å². The van der Waals surface area contributed by atoms with Crippen LogP contribution in [0.2, 0.25) is 0 Å². The number of rotatable bonds is 5. The Morgan fingerprint density at radius 3 is 2.67 bits per heavy atom. The van der Waals surface area contributed by atoms with Crippen LogP contribution >= 0.6 is 0 Å². The first-order chi connectivity index (χ1) is 14.6. The first-order valence-corrected chi connectivity index (χ1v) is 10.4. The summed E-state index contributed by atoms with van der Waals surface area (Å²) >= 11 is 0. The topological polar surface area (TPSA) is 86.1 Å². The van der Waals surface area contributed by atoms with Gasteiger partial charge in [0.15, 0.2) is 0 Å². The molecule has 7 nitrogen and oxygen atoms in total. The van der Waals surface area contributed by atoms with Crippen molar-refractivity contribution in [1.29, 1.82) is 0 Å². The smallest absolute Gasteiger partial charge is 0.294 e. The van der Waals surface area contributed by atoms with Crippen molar-refractivity contribution in [2.75, 3.05) is 12.5 Å². The van der Waals surface area contributed by atoms with Gasteiger partial charge in [-0.15, -0.1) is 9.89 Å². The van der Waals surface area contributed by atoms with Gasteiger partial charge in [0, 0.05) is 29.6 Å². The summed E-state index contributed by atoms with van der Waals surface area (Å²) in [5, 5.41) is 5.69. The summed E-state index contributed by atoms with van der Waals surface area (Å²) in [4.78, 5) is 31.0. The molecule has 30 heavy (non-hydrogen) atoms. The molecule has 0 spiro atoms. The Balaban J connectivity index is 1.48. The Morgan fingerprint density at radius 1 is 1.17 bits per heavy atom. The molecule has 1 aromatic carbocycles. The lowest BCUT2D eigenvalue weighted by Gasteiger charge is -2.21. The van der Waals surface area contributed by atoms with Crippen LogP contribution in [-0.2, 0) is 4.79 Å². The van der Waals surface area contributed by atoms with Gasteiger partial charge >= 0.3 is 0 Å².